The molecule has 2 aromatic rings. The molecular weight excluding hydrogens is 523 g/mol. The average molecular weight is 568 g/mol. The van der Waals surface area contributed by atoms with Crippen LogP contribution in [0.1, 0.15) is 97.9 Å². The molecule has 0 spiro atoms. The summed E-state index contributed by atoms with van der Waals surface area (Å²) < 4.78 is 55.9. The summed E-state index contributed by atoms with van der Waals surface area (Å²) in [5.74, 6) is 0.719. The van der Waals surface area contributed by atoms with Gasteiger partial charge in [0.1, 0.15) is 17.6 Å². The van der Waals surface area contributed by atoms with Crippen LogP contribution in [0, 0.1) is 0 Å². The van der Waals surface area contributed by atoms with E-state index in [2.05, 4.69) is 0 Å². The third kappa shape index (κ3) is 7.82. The zero-order valence-corrected chi connectivity index (χ0v) is 25.9. The van der Waals surface area contributed by atoms with Gasteiger partial charge in [0, 0.05) is 16.3 Å². The third-order valence-electron chi connectivity index (χ3n) is 6.64. The highest BCUT2D eigenvalue weighted by Crippen LogP contribution is 2.47. The van der Waals surface area contributed by atoms with Gasteiger partial charge in [-0.2, -0.15) is 13.2 Å². The van der Waals surface area contributed by atoms with E-state index in [9.17, 15) is 13.2 Å². The number of fused-ring (bicyclic) bond motifs is 1. The quantitative estimate of drug-likeness (QED) is 0.346. The molecule has 0 N–H and O–H groups in total. The molecule has 218 valence electrons. The number of rotatable bonds is 6. The molecule has 1 aliphatic rings. The van der Waals surface area contributed by atoms with Crippen LogP contribution in [-0.4, -0.2) is 19.9 Å². The van der Waals surface area contributed by atoms with Crippen LogP contribution < -0.4 is 9.64 Å². The van der Waals surface area contributed by atoms with Crippen molar-refractivity contribution in [3.8, 4) is 5.75 Å². The monoisotopic (exact) mass is 567 g/mol. The molecule has 0 bridgehead atoms. The van der Waals surface area contributed by atoms with Crippen LogP contribution >= 0.6 is 11.6 Å². The largest absolute Gasteiger partial charge is 0.496 e. The van der Waals surface area contributed by atoms with Gasteiger partial charge in [-0.05, 0) is 74.1 Å². The summed E-state index contributed by atoms with van der Waals surface area (Å²) >= 11 is 6.40. The minimum atomic E-state index is -4.55. The molecule has 1 heterocycles. The van der Waals surface area contributed by atoms with Crippen LogP contribution in [0.25, 0.3) is 0 Å². The Morgan fingerprint density at radius 2 is 1.64 bits per heavy atom. The molecule has 2 aromatic carbocycles. The van der Waals surface area contributed by atoms with Crippen LogP contribution in [0.2, 0.25) is 5.02 Å². The molecule has 0 amide bonds. The van der Waals surface area contributed by atoms with Gasteiger partial charge in [0.2, 0.25) is 0 Å². The Balaban J connectivity index is 0.00000181. The summed E-state index contributed by atoms with van der Waals surface area (Å²) in [5.41, 5.74) is 3.74. The first kappa shape index (κ1) is 34.6. The number of anilines is 1. The van der Waals surface area contributed by atoms with Crippen molar-refractivity contribution in [2.24, 2.45) is 0 Å². The van der Waals surface area contributed by atoms with Crippen LogP contribution in [0.3, 0.4) is 0 Å². The summed E-state index contributed by atoms with van der Waals surface area (Å²) in [6.45, 7) is 17.1. The Labute approximate surface area is 238 Å². The standard InChI is InChI=1S/C28H33ClF3NO2.2C2H6/c1-7-17(4)24-16-35-26(21-11-10-12-25(34-6)20(21)9-3)22-15-19(29)13-14-23(22)33(24)27(18(5)8-2)28(30,31)32;2*1-2/h10-15,26H,7-9,16H2,1-6H3;2*1-2H3/b24-17?,27-18+;;/t26-;;/m1../s1. The Morgan fingerprint density at radius 3 is 2.15 bits per heavy atom. The summed E-state index contributed by atoms with van der Waals surface area (Å²) in [6, 6.07) is 10.7. The molecule has 0 fully saturated rings. The fourth-order valence-electron chi connectivity index (χ4n) is 4.56. The van der Waals surface area contributed by atoms with E-state index in [1.54, 1.807) is 32.2 Å². The van der Waals surface area contributed by atoms with Crippen molar-refractivity contribution in [3.05, 3.63) is 80.7 Å². The Bertz CT molecular complexity index is 1140. The van der Waals surface area contributed by atoms with Gasteiger partial charge >= 0.3 is 6.18 Å². The van der Waals surface area contributed by atoms with E-state index in [1.165, 1.54) is 11.8 Å². The molecular formula is C32H45ClF3NO2. The number of ether oxygens (including phenoxy) is 2. The van der Waals surface area contributed by atoms with Crippen LogP contribution in [0.5, 0.6) is 5.75 Å². The number of hydrogen-bond acceptors (Lipinski definition) is 3. The van der Waals surface area contributed by atoms with E-state index in [0.717, 1.165) is 22.4 Å². The van der Waals surface area contributed by atoms with E-state index < -0.39 is 18.0 Å². The third-order valence-corrected chi connectivity index (χ3v) is 6.88. The second-order valence-corrected chi connectivity index (χ2v) is 9.11. The van der Waals surface area contributed by atoms with E-state index in [-0.39, 0.29) is 18.6 Å². The number of benzene rings is 2. The van der Waals surface area contributed by atoms with Gasteiger partial charge in [0.15, 0.2) is 0 Å². The maximum atomic E-state index is 14.6. The smallest absolute Gasteiger partial charge is 0.431 e. The van der Waals surface area contributed by atoms with E-state index in [4.69, 9.17) is 21.1 Å². The molecule has 0 aliphatic carbocycles. The van der Waals surface area contributed by atoms with E-state index in [1.807, 2.05) is 66.7 Å². The van der Waals surface area contributed by atoms with Crippen molar-refractivity contribution >= 4 is 17.3 Å². The number of hydrogen-bond donors (Lipinski definition) is 0. The van der Waals surface area contributed by atoms with Crippen LogP contribution in [-0.2, 0) is 11.2 Å². The molecule has 1 atom stereocenters. The Morgan fingerprint density at radius 1 is 1.00 bits per heavy atom. The fraction of sp³-hybridized carbons (Fsp3) is 0.500. The lowest BCUT2D eigenvalue weighted by molar-refractivity contribution is -0.0939. The van der Waals surface area contributed by atoms with Crippen LogP contribution in [0.15, 0.2) is 58.9 Å². The zero-order chi connectivity index (χ0) is 29.9. The second kappa shape index (κ2) is 16.0. The lowest BCUT2D eigenvalue weighted by atomic mass is 9.93. The topological polar surface area (TPSA) is 21.7 Å². The highest BCUT2D eigenvalue weighted by Gasteiger charge is 2.43. The van der Waals surface area contributed by atoms with Gasteiger partial charge in [-0.3, -0.25) is 0 Å². The van der Waals surface area contributed by atoms with Gasteiger partial charge in [-0.1, -0.05) is 77.8 Å². The predicted octanol–water partition coefficient (Wildman–Crippen LogP) is 10.8. The number of methoxy groups -OCH3 is 1. The van der Waals surface area contributed by atoms with Crippen molar-refractivity contribution < 1.29 is 22.6 Å². The molecule has 1 aliphatic heterocycles. The molecule has 0 aromatic heterocycles. The summed E-state index contributed by atoms with van der Waals surface area (Å²) in [5, 5.41) is 0.433. The maximum Gasteiger partial charge on any atom is 0.431 e. The van der Waals surface area contributed by atoms with Gasteiger partial charge < -0.3 is 14.4 Å². The first-order chi connectivity index (χ1) is 18.6. The van der Waals surface area contributed by atoms with E-state index >= 15 is 0 Å². The van der Waals surface area contributed by atoms with Gasteiger partial charge in [0.05, 0.1) is 19.4 Å². The van der Waals surface area contributed by atoms with Crippen LogP contribution in [0.4, 0.5) is 18.9 Å². The van der Waals surface area contributed by atoms with Crippen molar-refractivity contribution in [2.75, 3.05) is 18.6 Å². The highest BCUT2D eigenvalue weighted by atomic mass is 35.5. The first-order valence-electron chi connectivity index (χ1n) is 13.9. The molecule has 0 saturated carbocycles. The lowest BCUT2D eigenvalue weighted by Crippen LogP contribution is -2.34. The van der Waals surface area contributed by atoms with E-state index in [0.29, 0.717) is 34.8 Å². The fourth-order valence-corrected chi connectivity index (χ4v) is 4.74. The Kier molecular flexibility index (Phi) is 14.2. The number of halogens is 4. The average Bonchev–Trinajstić information content (AvgIpc) is 3.10. The van der Waals surface area contributed by atoms with Crippen molar-refractivity contribution in [1.29, 1.82) is 0 Å². The normalized spacial score (nSPS) is 17.0. The van der Waals surface area contributed by atoms with Crippen molar-refractivity contribution in [1.82, 2.24) is 0 Å². The molecule has 0 radical (unpaired) electrons. The highest BCUT2D eigenvalue weighted by molar-refractivity contribution is 6.30. The molecule has 0 unspecified atom stereocenters. The molecule has 3 rings (SSSR count). The van der Waals surface area contributed by atoms with Crippen molar-refractivity contribution in [3.63, 3.8) is 0 Å². The molecule has 7 heteroatoms. The van der Waals surface area contributed by atoms with Gasteiger partial charge in [0.25, 0.3) is 0 Å². The summed E-state index contributed by atoms with van der Waals surface area (Å²) in [7, 11) is 1.61. The predicted molar refractivity (Wildman–Crippen MR) is 159 cm³/mol. The molecule has 3 nitrogen and oxygen atoms in total. The molecule has 39 heavy (non-hydrogen) atoms. The number of nitrogens with zero attached hydrogens (tertiary/aromatic N) is 1. The number of alkyl halides is 3. The zero-order valence-electron chi connectivity index (χ0n) is 25.1. The summed E-state index contributed by atoms with van der Waals surface area (Å²) in [6.07, 6.45) is -3.63. The number of allylic oxidation sites excluding steroid dienone is 3. The first-order valence-corrected chi connectivity index (χ1v) is 14.3. The SMILES string of the molecule is CC.CC.CCC(C)=C1CO[C@H](c2cccc(OC)c2CC)c2cc(Cl)ccc2N1/C(=C(\C)CC)C(F)(F)F. The molecule has 0 saturated heterocycles. The lowest BCUT2D eigenvalue weighted by Gasteiger charge is -2.33. The minimum Gasteiger partial charge on any atom is -0.496 e. The second-order valence-electron chi connectivity index (χ2n) is 8.67. The van der Waals surface area contributed by atoms with Crippen molar-refractivity contribution in [2.45, 2.75) is 93.9 Å². The maximum absolute atomic E-state index is 14.6. The Hall–Kier alpha value is -2.44. The minimum absolute atomic E-state index is 0.0214. The summed E-state index contributed by atoms with van der Waals surface area (Å²) in [4.78, 5) is 1.36. The van der Waals surface area contributed by atoms with Gasteiger partial charge in [-0.15, -0.1) is 0 Å². The van der Waals surface area contributed by atoms with Gasteiger partial charge in [-0.25, -0.2) is 0 Å².